The van der Waals surface area contributed by atoms with Gasteiger partial charge in [0.1, 0.15) is 0 Å². The average molecular weight is 243 g/mol. The van der Waals surface area contributed by atoms with Crippen molar-refractivity contribution in [2.75, 3.05) is 0 Å². The molecule has 0 amide bonds. The van der Waals surface area contributed by atoms with Crippen LogP contribution in [0.15, 0.2) is 54.6 Å². The Kier molecular flexibility index (Phi) is 8.02. The molecule has 0 bridgehead atoms. The first kappa shape index (κ1) is 14.2. The van der Waals surface area contributed by atoms with Crippen molar-refractivity contribution < 1.29 is 17.1 Å². The summed E-state index contributed by atoms with van der Waals surface area (Å²) in [4.78, 5) is 0. The van der Waals surface area contributed by atoms with Crippen molar-refractivity contribution in [2.24, 2.45) is 5.73 Å². The second-order valence-corrected chi connectivity index (χ2v) is 3.20. The molecule has 15 heavy (non-hydrogen) atoms. The second kappa shape index (κ2) is 8.48. The molecule has 0 aliphatic rings. The maximum atomic E-state index is 5.74. The van der Waals surface area contributed by atoms with Crippen LogP contribution in [0.25, 0.3) is 0 Å². The summed E-state index contributed by atoms with van der Waals surface area (Å²) in [5.74, 6) is 0. The predicted octanol–water partition coefficient (Wildman–Crippen LogP) is 3.22. The molecule has 2 heteroatoms. The van der Waals surface area contributed by atoms with Crippen molar-refractivity contribution in [1.29, 1.82) is 0 Å². The molecule has 1 atom stereocenters. The number of rotatable bonds is 2. The molecule has 88 valence electrons. The molecule has 0 saturated carbocycles. The van der Waals surface area contributed by atoms with Gasteiger partial charge in [0.05, 0.1) is 0 Å². The standard InChI is InChI=1S/C8H12N.C5H5.Fe/c1-2-8(9)7-5-3-4-6-7;1-2-4-5-3-1;/h3-6,8H,2,9H2,1H3;1-5H;/q-1;-5;. The molecule has 0 aromatic heterocycles. The quantitative estimate of drug-likeness (QED) is 0.636. The van der Waals surface area contributed by atoms with Gasteiger partial charge in [0, 0.05) is 17.1 Å². The van der Waals surface area contributed by atoms with E-state index in [9.17, 15) is 0 Å². The molecule has 2 aromatic carbocycles. The molecule has 2 N–H and O–H groups in total. The summed E-state index contributed by atoms with van der Waals surface area (Å²) in [6.45, 7) is 2.09. The van der Waals surface area contributed by atoms with E-state index in [-0.39, 0.29) is 23.1 Å². The smallest absolute Gasteiger partial charge is 0 e. The fourth-order valence-corrected chi connectivity index (χ4v) is 1.19. The van der Waals surface area contributed by atoms with Gasteiger partial charge in [-0.1, -0.05) is 6.92 Å². The van der Waals surface area contributed by atoms with Crippen molar-refractivity contribution in [2.45, 2.75) is 19.4 Å². The predicted molar refractivity (Wildman–Crippen MR) is 61.3 cm³/mol. The number of hydrogen-bond donors (Lipinski definition) is 1. The van der Waals surface area contributed by atoms with Gasteiger partial charge in [0.15, 0.2) is 0 Å². The molecule has 2 aromatic rings. The first-order valence-corrected chi connectivity index (χ1v) is 4.98. The van der Waals surface area contributed by atoms with Gasteiger partial charge in [0.25, 0.3) is 0 Å². The van der Waals surface area contributed by atoms with Gasteiger partial charge >= 0.3 is 0 Å². The van der Waals surface area contributed by atoms with Gasteiger partial charge in [-0.2, -0.15) is 12.1 Å². The summed E-state index contributed by atoms with van der Waals surface area (Å²) in [5.41, 5.74) is 6.99. The van der Waals surface area contributed by atoms with E-state index in [1.54, 1.807) is 0 Å². The van der Waals surface area contributed by atoms with Crippen LogP contribution in [0.2, 0.25) is 0 Å². The minimum absolute atomic E-state index is 0. The number of hydrogen-bond acceptors (Lipinski definition) is 1. The minimum Gasteiger partial charge on any atom is -0.748 e. The van der Waals surface area contributed by atoms with Crippen molar-refractivity contribution in [3.05, 3.63) is 60.2 Å². The van der Waals surface area contributed by atoms with Crippen LogP contribution in [-0.4, -0.2) is 0 Å². The van der Waals surface area contributed by atoms with Gasteiger partial charge in [-0.3, -0.25) is 0 Å². The molecule has 2 rings (SSSR count). The molecule has 1 nitrogen and oxygen atoms in total. The third-order valence-corrected chi connectivity index (χ3v) is 2.11. The summed E-state index contributed by atoms with van der Waals surface area (Å²) >= 11 is 0. The number of nitrogens with two attached hydrogens (primary N) is 1. The zero-order chi connectivity index (χ0) is 10.2. The summed E-state index contributed by atoms with van der Waals surface area (Å²) in [7, 11) is 0. The molecule has 0 saturated heterocycles. The van der Waals surface area contributed by atoms with Crippen LogP contribution in [0.4, 0.5) is 0 Å². The monoisotopic (exact) mass is 243 g/mol. The van der Waals surface area contributed by atoms with E-state index >= 15 is 0 Å². The van der Waals surface area contributed by atoms with Crippen LogP contribution in [0.5, 0.6) is 0 Å². The fraction of sp³-hybridized carbons (Fsp3) is 0.231. The third kappa shape index (κ3) is 5.58. The van der Waals surface area contributed by atoms with E-state index in [0.29, 0.717) is 0 Å². The molecule has 0 spiro atoms. The van der Waals surface area contributed by atoms with Gasteiger partial charge < -0.3 is 36.1 Å². The van der Waals surface area contributed by atoms with E-state index < -0.39 is 0 Å². The minimum atomic E-state index is 0. The zero-order valence-corrected chi connectivity index (χ0v) is 10.0. The topological polar surface area (TPSA) is 26.0 Å². The molecule has 0 heterocycles. The van der Waals surface area contributed by atoms with E-state index in [4.69, 9.17) is 5.73 Å². The molecule has 0 aliphatic heterocycles. The van der Waals surface area contributed by atoms with Gasteiger partial charge in [-0.25, -0.2) is 12.1 Å². The Morgan fingerprint density at radius 3 is 1.80 bits per heavy atom. The Morgan fingerprint density at radius 2 is 1.47 bits per heavy atom. The maximum Gasteiger partial charge on any atom is 0 e. The first-order valence-electron chi connectivity index (χ1n) is 4.98. The van der Waals surface area contributed by atoms with Crippen LogP contribution in [-0.2, 0) is 17.1 Å². The van der Waals surface area contributed by atoms with Crippen LogP contribution in [0.1, 0.15) is 24.9 Å². The van der Waals surface area contributed by atoms with Crippen molar-refractivity contribution in [3.8, 4) is 0 Å². The Morgan fingerprint density at radius 1 is 1.07 bits per heavy atom. The van der Waals surface area contributed by atoms with E-state index in [1.807, 2.05) is 42.5 Å². The molecular weight excluding hydrogens is 226 g/mol. The first-order chi connectivity index (χ1) is 6.84. The zero-order valence-electron chi connectivity index (χ0n) is 8.91. The largest absolute Gasteiger partial charge is 0.748 e. The Hall–Kier alpha value is -0.821. The van der Waals surface area contributed by atoms with Crippen LogP contribution in [0, 0.1) is 0 Å². The van der Waals surface area contributed by atoms with Crippen molar-refractivity contribution in [3.63, 3.8) is 0 Å². The van der Waals surface area contributed by atoms with Crippen LogP contribution in [0.3, 0.4) is 0 Å². The van der Waals surface area contributed by atoms with Gasteiger partial charge in [-0.05, 0) is 12.5 Å². The summed E-state index contributed by atoms with van der Waals surface area (Å²) in [6.07, 6.45) is 1.02. The molecule has 0 aliphatic carbocycles. The maximum absolute atomic E-state index is 5.74. The van der Waals surface area contributed by atoms with Crippen LogP contribution >= 0.6 is 0 Å². The Balaban J connectivity index is 0.000000280. The second-order valence-electron chi connectivity index (χ2n) is 3.20. The third-order valence-electron chi connectivity index (χ3n) is 2.11. The van der Waals surface area contributed by atoms with E-state index in [0.717, 1.165) is 6.42 Å². The molecule has 0 radical (unpaired) electrons. The Bertz CT molecular complexity index is 280. The van der Waals surface area contributed by atoms with Crippen LogP contribution < -0.4 is 5.73 Å². The summed E-state index contributed by atoms with van der Waals surface area (Å²) in [6, 6.07) is 18.4. The van der Waals surface area contributed by atoms with Gasteiger partial charge in [0.2, 0.25) is 0 Å². The average Bonchev–Trinajstić information content (AvgIpc) is 2.91. The normalized spacial score (nSPS) is 10.8. The Labute approximate surface area is 103 Å². The molecule has 0 fully saturated rings. The summed E-state index contributed by atoms with van der Waals surface area (Å²) in [5, 5.41) is 0. The van der Waals surface area contributed by atoms with Gasteiger partial charge in [-0.15, -0.1) is 5.56 Å². The van der Waals surface area contributed by atoms with Crippen molar-refractivity contribution >= 4 is 0 Å². The molecular formula is C13H17FeN-6. The molecule has 1 unspecified atom stereocenters. The van der Waals surface area contributed by atoms with E-state index in [1.165, 1.54) is 5.56 Å². The summed E-state index contributed by atoms with van der Waals surface area (Å²) < 4.78 is 0. The van der Waals surface area contributed by atoms with Crippen molar-refractivity contribution in [1.82, 2.24) is 0 Å². The fourth-order valence-electron chi connectivity index (χ4n) is 1.19. The van der Waals surface area contributed by atoms with E-state index in [2.05, 4.69) is 19.1 Å². The SMILES string of the molecule is CCC(N)[c-]1cccc1.[Fe].[cH-]1[cH-][cH-][cH-][cH-]1.